The summed E-state index contributed by atoms with van der Waals surface area (Å²) in [7, 11) is 0. The van der Waals surface area contributed by atoms with Gasteiger partial charge in [-0.1, -0.05) is 17.3 Å². The van der Waals surface area contributed by atoms with Gasteiger partial charge in [0.25, 0.3) is 0 Å². The van der Waals surface area contributed by atoms with E-state index in [4.69, 9.17) is 4.52 Å². The number of fused-ring (bicyclic) bond motifs is 1. The molecule has 0 radical (unpaired) electrons. The van der Waals surface area contributed by atoms with Gasteiger partial charge in [-0.2, -0.15) is 4.98 Å². The van der Waals surface area contributed by atoms with E-state index in [1.807, 2.05) is 37.4 Å². The highest BCUT2D eigenvalue weighted by Gasteiger charge is 2.21. The summed E-state index contributed by atoms with van der Waals surface area (Å²) in [6.07, 6.45) is 4.07. The lowest BCUT2D eigenvalue weighted by Gasteiger charge is -2.32. The smallest absolute Gasteiger partial charge is 0.223 e. The second-order valence-corrected chi connectivity index (χ2v) is 6.19. The third-order valence-electron chi connectivity index (χ3n) is 4.24. The molecular weight excluding hydrogens is 304 g/mol. The fourth-order valence-electron chi connectivity index (χ4n) is 3.16. The molecule has 7 heteroatoms. The van der Waals surface area contributed by atoms with Crippen LogP contribution in [0.25, 0.3) is 11.0 Å². The third-order valence-corrected chi connectivity index (χ3v) is 4.24. The van der Waals surface area contributed by atoms with Crippen LogP contribution in [0.1, 0.15) is 24.6 Å². The highest BCUT2D eigenvalue weighted by Crippen LogP contribution is 2.17. The van der Waals surface area contributed by atoms with E-state index < -0.39 is 0 Å². The number of likely N-dealkylation sites (tertiary alicyclic amines) is 1. The van der Waals surface area contributed by atoms with Crippen molar-refractivity contribution in [2.75, 3.05) is 18.4 Å². The zero-order chi connectivity index (χ0) is 16.4. The number of aryl methyl sites for hydroxylation is 1. The van der Waals surface area contributed by atoms with Gasteiger partial charge in [0.2, 0.25) is 5.89 Å². The van der Waals surface area contributed by atoms with Gasteiger partial charge >= 0.3 is 0 Å². The second-order valence-electron chi connectivity index (χ2n) is 6.19. The monoisotopic (exact) mass is 324 g/mol. The molecule has 3 aromatic rings. The molecule has 0 amide bonds. The van der Waals surface area contributed by atoms with Gasteiger partial charge in [0.1, 0.15) is 5.82 Å². The Morgan fingerprint density at radius 1 is 1.25 bits per heavy atom. The van der Waals surface area contributed by atoms with E-state index in [1.165, 1.54) is 0 Å². The molecule has 4 rings (SSSR count). The number of anilines is 1. The average molecular weight is 324 g/mol. The van der Waals surface area contributed by atoms with Crippen molar-refractivity contribution in [1.82, 2.24) is 25.0 Å². The average Bonchev–Trinajstić information content (AvgIpc) is 3.00. The number of hydrogen-bond donors (Lipinski definition) is 1. The number of para-hydroxylation sites is 2. The van der Waals surface area contributed by atoms with Gasteiger partial charge in [0.15, 0.2) is 5.82 Å². The quantitative estimate of drug-likeness (QED) is 0.789. The maximum absolute atomic E-state index is 5.05. The number of benzene rings is 1. The second kappa shape index (κ2) is 6.52. The lowest BCUT2D eigenvalue weighted by Crippen LogP contribution is -2.41. The van der Waals surface area contributed by atoms with Crippen molar-refractivity contribution in [2.24, 2.45) is 0 Å². The van der Waals surface area contributed by atoms with Crippen LogP contribution in [0.2, 0.25) is 0 Å². The number of rotatable bonds is 4. The van der Waals surface area contributed by atoms with Crippen LogP contribution in [0.3, 0.4) is 0 Å². The fraction of sp³-hybridized carbons (Fsp3) is 0.412. The molecule has 2 aromatic heterocycles. The minimum Gasteiger partial charge on any atom is -0.365 e. The zero-order valence-electron chi connectivity index (χ0n) is 13.6. The number of hydrogen-bond acceptors (Lipinski definition) is 7. The molecule has 1 saturated heterocycles. The zero-order valence-corrected chi connectivity index (χ0v) is 13.6. The molecule has 0 unspecified atom stereocenters. The molecule has 0 bridgehead atoms. The van der Waals surface area contributed by atoms with Gasteiger partial charge in [0, 0.05) is 19.5 Å². The molecule has 24 heavy (non-hydrogen) atoms. The Labute approximate surface area is 140 Å². The molecule has 1 fully saturated rings. The number of nitrogens with one attached hydrogen (secondary N) is 1. The fourth-order valence-corrected chi connectivity index (χ4v) is 3.16. The van der Waals surface area contributed by atoms with Crippen LogP contribution in [0.15, 0.2) is 35.0 Å². The Kier molecular flexibility index (Phi) is 4.08. The lowest BCUT2D eigenvalue weighted by atomic mass is 10.1. The molecule has 1 atom stereocenters. The standard InChI is InChI=1S/C17H20N6O/c1-12-19-17(22-24-12)11-23-8-4-5-13(10-23)20-16-9-18-14-6-2-3-7-15(14)21-16/h2-3,6-7,9,13H,4-5,8,10-11H2,1H3,(H,20,21)/t13-/m0/s1. The van der Waals surface area contributed by atoms with Crippen LogP contribution in [0.4, 0.5) is 5.82 Å². The van der Waals surface area contributed by atoms with Crippen molar-refractivity contribution < 1.29 is 4.52 Å². The van der Waals surface area contributed by atoms with Crippen molar-refractivity contribution in [3.05, 3.63) is 42.2 Å². The Balaban J connectivity index is 1.41. The maximum atomic E-state index is 5.05. The molecule has 3 heterocycles. The van der Waals surface area contributed by atoms with Gasteiger partial charge in [-0.15, -0.1) is 0 Å². The highest BCUT2D eigenvalue weighted by molar-refractivity contribution is 5.75. The van der Waals surface area contributed by atoms with Gasteiger partial charge < -0.3 is 9.84 Å². The van der Waals surface area contributed by atoms with Crippen LogP contribution in [-0.4, -0.2) is 44.1 Å². The predicted molar refractivity (Wildman–Crippen MR) is 90.5 cm³/mol. The first-order chi connectivity index (χ1) is 11.8. The summed E-state index contributed by atoms with van der Waals surface area (Å²) in [5.41, 5.74) is 1.83. The summed E-state index contributed by atoms with van der Waals surface area (Å²) < 4.78 is 5.05. The molecule has 7 nitrogen and oxygen atoms in total. The molecule has 1 aromatic carbocycles. The van der Waals surface area contributed by atoms with Crippen molar-refractivity contribution in [3.8, 4) is 0 Å². The van der Waals surface area contributed by atoms with E-state index in [9.17, 15) is 0 Å². The first kappa shape index (κ1) is 15.0. The van der Waals surface area contributed by atoms with E-state index >= 15 is 0 Å². The molecule has 124 valence electrons. The molecule has 0 spiro atoms. The minimum atomic E-state index is 0.349. The summed E-state index contributed by atoms with van der Waals surface area (Å²) in [4.78, 5) is 15.7. The van der Waals surface area contributed by atoms with Gasteiger partial charge in [-0.05, 0) is 31.5 Å². The first-order valence-corrected chi connectivity index (χ1v) is 8.26. The largest absolute Gasteiger partial charge is 0.365 e. The van der Waals surface area contributed by atoms with E-state index in [0.29, 0.717) is 11.9 Å². The molecule has 0 aliphatic carbocycles. The summed E-state index contributed by atoms with van der Waals surface area (Å²) in [6.45, 7) is 4.52. The van der Waals surface area contributed by atoms with E-state index in [-0.39, 0.29) is 0 Å². The van der Waals surface area contributed by atoms with Crippen LogP contribution in [0, 0.1) is 6.92 Å². The molecule has 1 aliphatic heterocycles. The first-order valence-electron chi connectivity index (χ1n) is 8.26. The number of aromatic nitrogens is 4. The Morgan fingerprint density at radius 3 is 2.96 bits per heavy atom. The molecule has 1 aliphatic rings. The predicted octanol–water partition coefficient (Wildman–Crippen LogP) is 2.40. The highest BCUT2D eigenvalue weighted by atomic mass is 16.5. The molecule has 1 N–H and O–H groups in total. The summed E-state index contributed by atoms with van der Waals surface area (Å²) in [5, 5.41) is 7.50. The summed E-state index contributed by atoms with van der Waals surface area (Å²) >= 11 is 0. The molecular formula is C17H20N6O. The van der Waals surface area contributed by atoms with Crippen molar-refractivity contribution in [1.29, 1.82) is 0 Å². The van der Waals surface area contributed by atoms with Crippen LogP contribution < -0.4 is 5.32 Å². The Bertz CT molecular complexity index is 833. The third kappa shape index (κ3) is 3.35. The Hall–Kier alpha value is -2.54. The summed E-state index contributed by atoms with van der Waals surface area (Å²) in [6, 6.07) is 8.27. The van der Waals surface area contributed by atoms with Gasteiger partial charge in [-0.25, -0.2) is 4.98 Å². The topological polar surface area (TPSA) is 80.0 Å². The van der Waals surface area contributed by atoms with Gasteiger partial charge in [0.05, 0.1) is 23.8 Å². The van der Waals surface area contributed by atoms with E-state index in [1.54, 1.807) is 0 Å². The maximum Gasteiger partial charge on any atom is 0.223 e. The number of piperidine rings is 1. The number of nitrogens with zero attached hydrogens (tertiary/aromatic N) is 5. The van der Waals surface area contributed by atoms with Crippen molar-refractivity contribution in [3.63, 3.8) is 0 Å². The Morgan fingerprint density at radius 2 is 2.12 bits per heavy atom. The lowest BCUT2D eigenvalue weighted by molar-refractivity contribution is 0.201. The van der Waals surface area contributed by atoms with E-state index in [0.717, 1.165) is 55.2 Å². The normalized spacial score (nSPS) is 18.8. The minimum absolute atomic E-state index is 0.349. The van der Waals surface area contributed by atoms with Crippen molar-refractivity contribution in [2.45, 2.75) is 32.4 Å². The van der Waals surface area contributed by atoms with Gasteiger partial charge in [-0.3, -0.25) is 9.88 Å². The van der Waals surface area contributed by atoms with Crippen molar-refractivity contribution >= 4 is 16.9 Å². The van der Waals surface area contributed by atoms with Crippen LogP contribution >= 0.6 is 0 Å². The van der Waals surface area contributed by atoms with Crippen LogP contribution in [-0.2, 0) is 6.54 Å². The van der Waals surface area contributed by atoms with E-state index in [2.05, 4.69) is 30.3 Å². The summed E-state index contributed by atoms with van der Waals surface area (Å²) in [5.74, 6) is 2.19. The SMILES string of the molecule is Cc1nc(CN2CCC[C@H](Nc3cnc4ccccc4n3)C2)no1. The van der Waals surface area contributed by atoms with Crippen LogP contribution in [0.5, 0.6) is 0 Å². The molecule has 0 saturated carbocycles.